The minimum Gasteiger partial charge on any atom is -0.494 e. The third-order valence-corrected chi connectivity index (χ3v) is 2.34. The van der Waals surface area contributed by atoms with Crippen LogP contribution in [0, 0.1) is 0 Å². The van der Waals surface area contributed by atoms with E-state index in [4.69, 9.17) is 10.5 Å². The van der Waals surface area contributed by atoms with Crippen LogP contribution in [0.1, 0.15) is 13.8 Å². The number of nitrogens with zero attached hydrogens (tertiary/aromatic N) is 1. The molecule has 3 nitrogen and oxygen atoms in total. The summed E-state index contributed by atoms with van der Waals surface area (Å²) < 4.78 is 42.5. The van der Waals surface area contributed by atoms with Gasteiger partial charge in [0.15, 0.2) is 0 Å². The highest BCUT2D eigenvalue weighted by Gasteiger charge is 2.30. The maximum absolute atomic E-state index is 12.4. The highest BCUT2D eigenvalue weighted by Crippen LogP contribution is 2.28. The van der Waals surface area contributed by atoms with E-state index in [1.807, 2.05) is 0 Å². The summed E-state index contributed by atoms with van der Waals surface area (Å²) in [6, 6.07) is 4.67. The standard InChI is InChI=1S/C12H17F3N2O/c1-3-17(8-12(13,14)15)10-5-9(16)6-11(7-10)18-4-2/h5-7H,3-4,8,16H2,1-2H3. The zero-order valence-electron chi connectivity index (χ0n) is 10.4. The van der Waals surface area contributed by atoms with Gasteiger partial charge in [0.2, 0.25) is 0 Å². The molecule has 0 aliphatic carbocycles. The zero-order valence-corrected chi connectivity index (χ0v) is 10.4. The molecule has 0 unspecified atom stereocenters. The van der Waals surface area contributed by atoms with Gasteiger partial charge in [-0.25, -0.2) is 0 Å². The van der Waals surface area contributed by atoms with Gasteiger partial charge in [0.1, 0.15) is 12.3 Å². The predicted molar refractivity (Wildman–Crippen MR) is 66.0 cm³/mol. The summed E-state index contributed by atoms with van der Waals surface area (Å²) in [5.41, 5.74) is 6.46. The van der Waals surface area contributed by atoms with E-state index < -0.39 is 12.7 Å². The van der Waals surface area contributed by atoms with Crippen molar-refractivity contribution in [3.05, 3.63) is 18.2 Å². The van der Waals surface area contributed by atoms with Crippen molar-refractivity contribution in [2.24, 2.45) is 0 Å². The Morgan fingerprint density at radius 3 is 2.39 bits per heavy atom. The fourth-order valence-corrected chi connectivity index (χ4v) is 1.64. The third-order valence-electron chi connectivity index (χ3n) is 2.34. The number of rotatable bonds is 5. The minimum atomic E-state index is -4.24. The second-order valence-corrected chi connectivity index (χ2v) is 3.82. The molecule has 0 amide bonds. The van der Waals surface area contributed by atoms with Crippen molar-refractivity contribution in [3.63, 3.8) is 0 Å². The summed E-state index contributed by atoms with van der Waals surface area (Å²) in [5.74, 6) is 0.480. The van der Waals surface area contributed by atoms with Crippen molar-refractivity contribution in [2.45, 2.75) is 20.0 Å². The third kappa shape index (κ3) is 4.35. The van der Waals surface area contributed by atoms with Gasteiger partial charge in [-0.1, -0.05) is 0 Å². The van der Waals surface area contributed by atoms with E-state index in [2.05, 4.69) is 0 Å². The maximum Gasteiger partial charge on any atom is 0.405 e. The molecule has 0 bridgehead atoms. The minimum absolute atomic E-state index is 0.245. The molecular formula is C12H17F3N2O. The number of alkyl halides is 3. The molecule has 0 spiro atoms. The van der Waals surface area contributed by atoms with E-state index in [1.165, 1.54) is 11.0 Å². The van der Waals surface area contributed by atoms with Crippen molar-refractivity contribution in [1.29, 1.82) is 0 Å². The first-order valence-corrected chi connectivity index (χ1v) is 5.70. The Balaban J connectivity index is 2.98. The molecule has 102 valence electrons. The largest absolute Gasteiger partial charge is 0.494 e. The lowest BCUT2D eigenvalue weighted by molar-refractivity contribution is -0.119. The van der Waals surface area contributed by atoms with Crippen molar-refractivity contribution in [2.75, 3.05) is 30.3 Å². The van der Waals surface area contributed by atoms with Gasteiger partial charge in [0.25, 0.3) is 0 Å². The van der Waals surface area contributed by atoms with Crippen LogP contribution in [0.15, 0.2) is 18.2 Å². The summed E-state index contributed by atoms with van der Waals surface area (Å²) in [5, 5.41) is 0. The lowest BCUT2D eigenvalue weighted by Crippen LogP contribution is -2.34. The average molecular weight is 262 g/mol. The number of nitrogens with two attached hydrogens (primary N) is 1. The smallest absolute Gasteiger partial charge is 0.405 e. The van der Waals surface area contributed by atoms with E-state index >= 15 is 0 Å². The summed E-state index contributed by atoms with van der Waals surface area (Å²) in [6.07, 6.45) is -4.24. The van der Waals surface area contributed by atoms with E-state index in [9.17, 15) is 13.2 Å². The van der Waals surface area contributed by atoms with Crippen LogP contribution < -0.4 is 15.4 Å². The lowest BCUT2D eigenvalue weighted by Gasteiger charge is -2.25. The monoisotopic (exact) mass is 262 g/mol. The second-order valence-electron chi connectivity index (χ2n) is 3.82. The van der Waals surface area contributed by atoms with Crippen LogP contribution >= 0.6 is 0 Å². The van der Waals surface area contributed by atoms with Gasteiger partial charge in [-0.2, -0.15) is 13.2 Å². The van der Waals surface area contributed by atoms with Crippen LogP contribution in [0.4, 0.5) is 24.5 Å². The Hall–Kier alpha value is -1.59. The molecule has 0 atom stereocenters. The van der Waals surface area contributed by atoms with Gasteiger partial charge in [-0.15, -0.1) is 0 Å². The summed E-state index contributed by atoms with van der Waals surface area (Å²) >= 11 is 0. The molecule has 1 aromatic carbocycles. The van der Waals surface area contributed by atoms with Crippen LogP contribution in [0.3, 0.4) is 0 Å². The molecule has 1 aromatic rings. The van der Waals surface area contributed by atoms with E-state index in [-0.39, 0.29) is 6.54 Å². The number of anilines is 2. The van der Waals surface area contributed by atoms with Crippen LogP contribution in [0.25, 0.3) is 0 Å². The summed E-state index contributed by atoms with van der Waals surface area (Å²) in [4.78, 5) is 1.21. The fourth-order valence-electron chi connectivity index (χ4n) is 1.64. The molecule has 0 aliphatic rings. The van der Waals surface area contributed by atoms with E-state index in [0.29, 0.717) is 23.7 Å². The van der Waals surface area contributed by atoms with E-state index in [1.54, 1.807) is 26.0 Å². The first-order chi connectivity index (χ1) is 8.35. The lowest BCUT2D eigenvalue weighted by atomic mass is 10.2. The SMILES string of the molecule is CCOc1cc(N)cc(N(CC)CC(F)(F)F)c1. The van der Waals surface area contributed by atoms with Crippen molar-refractivity contribution in [3.8, 4) is 5.75 Å². The Labute approximate surface area is 104 Å². The van der Waals surface area contributed by atoms with Gasteiger partial charge in [0.05, 0.1) is 6.61 Å². The van der Waals surface area contributed by atoms with Gasteiger partial charge in [0, 0.05) is 30.1 Å². The van der Waals surface area contributed by atoms with Crippen molar-refractivity contribution < 1.29 is 17.9 Å². The number of halogens is 3. The molecular weight excluding hydrogens is 245 g/mol. The van der Waals surface area contributed by atoms with Gasteiger partial charge in [-0.3, -0.25) is 0 Å². The molecule has 0 fully saturated rings. The summed E-state index contributed by atoms with van der Waals surface area (Å²) in [6.45, 7) is 3.15. The van der Waals surface area contributed by atoms with Crippen molar-refractivity contribution in [1.82, 2.24) is 0 Å². The molecule has 0 aliphatic heterocycles. The maximum atomic E-state index is 12.4. The van der Waals surface area contributed by atoms with Crippen LogP contribution in [-0.4, -0.2) is 25.9 Å². The molecule has 0 heterocycles. The highest BCUT2D eigenvalue weighted by atomic mass is 19.4. The van der Waals surface area contributed by atoms with Crippen molar-refractivity contribution >= 4 is 11.4 Å². The van der Waals surface area contributed by atoms with Crippen LogP contribution in [0.2, 0.25) is 0 Å². The van der Waals surface area contributed by atoms with E-state index in [0.717, 1.165) is 0 Å². The number of benzene rings is 1. The Morgan fingerprint density at radius 1 is 1.22 bits per heavy atom. The zero-order chi connectivity index (χ0) is 13.8. The first kappa shape index (κ1) is 14.5. The molecule has 1 rings (SSSR count). The normalized spacial score (nSPS) is 11.4. The summed E-state index contributed by atoms with van der Waals surface area (Å²) in [7, 11) is 0. The van der Waals surface area contributed by atoms with Crippen LogP contribution in [-0.2, 0) is 0 Å². The molecule has 2 N–H and O–H groups in total. The Bertz CT molecular complexity index is 393. The van der Waals surface area contributed by atoms with Gasteiger partial charge in [-0.05, 0) is 19.9 Å². The average Bonchev–Trinajstić information content (AvgIpc) is 2.24. The second kappa shape index (κ2) is 5.84. The molecule has 0 aromatic heterocycles. The fraction of sp³-hybridized carbons (Fsp3) is 0.500. The quantitative estimate of drug-likeness (QED) is 0.829. The van der Waals surface area contributed by atoms with Gasteiger partial charge >= 0.3 is 6.18 Å². The Kier molecular flexibility index (Phi) is 4.69. The molecule has 6 heteroatoms. The number of hydrogen-bond donors (Lipinski definition) is 1. The van der Waals surface area contributed by atoms with Crippen LogP contribution in [0.5, 0.6) is 5.75 Å². The molecule has 0 radical (unpaired) electrons. The highest BCUT2D eigenvalue weighted by molar-refractivity contribution is 5.60. The number of ether oxygens (including phenoxy) is 1. The molecule has 0 saturated carbocycles. The van der Waals surface area contributed by atoms with Gasteiger partial charge < -0.3 is 15.4 Å². The number of hydrogen-bond acceptors (Lipinski definition) is 3. The topological polar surface area (TPSA) is 38.5 Å². The Morgan fingerprint density at radius 2 is 1.89 bits per heavy atom. The molecule has 0 saturated heterocycles. The first-order valence-electron chi connectivity index (χ1n) is 5.70. The number of nitrogen functional groups attached to an aromatic ring is 1. The predicted octanol–water partition coefficient (Wildman–Crippen LogP) is 3.06. The molecule has 18 heavy (non-hydrogen) atoms.